The molecule has 3 aromatic rings. The van der Waals surface area contributed by atoms with Crippen LogP contribution in [0.5, 0.6) is 0 Å². The number of carbonyl (C=O) groups is 1. The Morgan fingerprint density at radius 1 is 1.19 bits per heavy atom. The van der Waals surface area contributed by atoms with Crippen molar-refractivity contribution >= 4 is 46.3 Å². The van der Waals surface area contributed by atoms with Crippen LogP contribution in [0.3, 0.4) is 0 Å². The van der Waals surface area contributed by atoms with Crippen molar-refractivity contribution in [3.63, 3.8) is 0 Å². The second kappa shape index (κ2) is 9.85. The van der Waals surface area contributed by atoms with E-state index >= 15 is 0 Å². The van der Waals surface area contributed by atoms with E-state index < -0.39 is 0 Å². The summed E-state index contributed by atoms with van der Waals surface area (Å²) in [5.74, 6) is 0.617. The van der Waals surface area contributed by atoms with Crippen LogP contribution in [0.25, 0.3) is 5.65 Å². The van der Waals surface area contributed by atoms with Crippen LogP contribution in [0.15, 0.2) is 18.3 Å². The van der Waals surface area contributed by atoms with Gasteiger partial charge in [0.25, 0.3) is 0 Å². The zero-order valence-electron chi connectivity index (χ0n) is 19.3. The van der Waals surface area contributed by atoms with E-state index in [1.54, 1.807) is 17.0 Å². The Bertz CT molecular complexity index is 1400. The average molecular weight is 507 g/mol. The molecule has 1 aliphatic carbocycles. The summed E-state index contributed by atoms with van der Waals surface area (Å²) in [4.78, 5) is 24.7. The first-order chi connectivity index (χ1) is 17.5. The van der Waals surface area contributed by atoms with Crippen molar-refractivity contribution in [2.45, 2.75) is 25.3 Å². The molecule has 5 rings (SSSR count). The molecule has 0 radical (unpaired) electrons. The number of imidazole rings is 1. The number of nitrogens with one attached hydrogen (secondary N) is 2. The molecule has 3 N–H and O–H groups in total. The van der Waals surface area contributed by atoms with Crippen molar-refractivity contribution in [2.75, 3.05) is 48.3 Å². The Morgan fingerprint density at radius 3 is 2.64 bits per heavy atom. The summed E-state index contributed by atoms with van der Waals surface area (Å²) in [7, 11) is 0. The molecule has 13 heteroatoms. The molecule has 1 saturated carbocycles. The molecule has 184 valence electrons. The summed E-state index contributed by atoms with van der Waals surface area (Å²) in [5.41, 5.74) is 2.22. The Morgan fingerprint density at radius 2 is 1.97 bits per heavy atom. The third-order valence-corrected chi connectivity index (χ3v) is 6.52. The van der Waals surface area contributed by atoms with Gasteiger partial charge in [-0.15, -0.1) is 5.10 Å². The number of nitrogens with zero attached hydrogens (tertiary/aromatic N) is 8. The van der Waals surface area contributed by atoms with Crippen molar-refractivity contribution in [3.8, 4) is 12.1 Å². The predicted octanol–water partition coefficient (Wildman–Crippen LogP) is 1.87. The number of anilines is 4. The lowest BCUT2D eigenvalue weighted by Gasteiger charge is -2.36. The van der Waals surface area contributed by atoms with E-state index in [1.165, 1.54) is 10.7 Å². The van der Waals surface area contributed by atoms with Gasteiger partial charge in [0.15, 0.2) is 17.2 Å². The van der Waals surface area contributed by atoms with E-state index in [0.29, 0.717) is 65.6 Å². The second-order valence-corrected chi connectivity index (χ2v) is 9.01. The van der Waals surface area contributed by atoms with Crippen molar-refractivity contribution in [1.29, 1.82) is 10.5 Å². The number of fused-ring (bicyclic) bond motifs is 1. The lowest BCUT2D eigenvalue weighted by Crippen LogP contribution is -2.49. The number of hydrogen-bond donors (Lipinski definition) is 3. The van der Waals surface area contributed by atoms with Crippen LogP contribution in [0, 0.1) is 22.7 Å². The summed E-state index contributed by atoms with van der Waals surface area (Å²) in [6.07, 6.45) is 3.61. The molecular formula is C23H23ClN10O2. The zero-order chi connectivity index (χ0) is 25.2. The van der Waals surface area contributed by atoms with E-state index in [0.717, 1.165) is 12.8 Å². The average Bonchev–Trinajstić information content (AvgIpc) is 3.61. The Kier molecular flexibility index (Phi) is 6.46. The largest absolute Gasteiger partial charge is 0.396 e. The highest BCUT2D eigenvalue weighted by molar-refractivity contribution is 6.36. The first-order valence-corrected chi connectivity index (χ1v) is 11.9. The summed E-state index contributed by atoms with van der Waals surface area (Å²) in [6.45, 7) is 1.86. The van der Waals surface area contributed by atoms with Crippen molar-refractivity contribution in [3.05, 3.63) is 34.6 Å². The molecule has 12 nitrogen and oxygen atoms in total. The third kappa shape index (κ3) is 4.69. The number of rotatable bonds is 7. The lowest BCUT2D eigenvalue weighted by atomic mass is 10.1. The molecule has 2 aromatic heterocycles. The monoisotopic (exact) mass is 506 g/mol. The molecule has 2 aliphatic rings. The van der Waals surface area contributed by atoms with Gasteiger partial charge in [-0.1, -0.05) is 11.6 Å². The molecule has 1 aliphatic heterocycles. The smallest absolute Gasteiger partial charge is 0.247 e. The minimum atomic E-state index is -0.176. The van der Waals surface area contributed by atoms with Crippen LogP contribution in [0.2, 0.25) is 5.02 Å². The number of nitriles is 2. The number of piperazine rings is 1. The number of aromatic nitrogens is 4. The summed E-state index contributed by atoms with van der Waals surface area (Å²) >= 11 is 6.79. The van der Waals surface area contributed by atoms with Gasteiger partial charge in [-0.2, -0.15) is 20.0 Å². The maximum absolute atomic E-state index is 12.1. The summed E-state index contributed by atoms with van der Waals surface area (Å²) in [5, 5.41) is 39.4. The zero-order valence-corrected chi connectivity index (χ0v) is 20.0. The van der Waals surface area contributed by atoms with Crippen LogP contribution in [0.4, 0.5) is 23.1 Å². The van der Waals surface area contributed by atoms with Crippen LogP contribution < -0.4 is 15.5 Å². The molecule has 2 fully saturated rings. The third-order valence-electron chi connectivity index (χ3n) is 6.12. The maximum atomic E-state index is 12.1. The maximum Gasteiger partial charge on any atom is 0.247 e. The van der Waals surface area contributed by atoms with Crippen LogP contribution in [0.1, 0.15) is 30.5 Å². The molecule has 0 atom stereocenters. The SMILES string of the molecule is N#Cc1cc(Nc2nc(NC3CC3)c3ncc(C#N)n3n2)c(Cl)c(N2CCN(C(=O)CCO)CC2)c1. The fourth-order valence-electron chi connectivity index (χ4n) is 4.09. The van der Waals surface area contributed by atoms with Gasteiger partial charge >= 0.3 is 0 Å². The number of amides is 1. The van der Waals surface area contributed by atoms with E-state index in [9.17, 15) is 15.3 Å². The van der Waals surface area contributed by atoms with E-state index in [-0.39, 0.29) is 30.6 Å². The highest BCUT2D eigenvalue weighted by Crippen LogP contribution is 2.36. The van der Waals surface area contributed by atoms with Gasteiger partial charge in [-0.3, -0.25) is 4.79 Å². The highest BCUT2D eigenvalue weighted by Gasteiger charge is 2.26. The minimum Gasteiger partial charge on any atom is -0.396 e. The molecule has 3 heterocycles. The van der Waals surface area contributed by atoms with Gasteiger partial charge in [-0.25, -0.2) is 4.98 Å². The van der Waals surface area contributed by atoms with Gasteiger partial charge in [0.1, 0.15) is 6.07 Å². The van der Waals surface area contributed by atoms with Gasteiger partial charge in [0.2, 0.25) is 11.9 Å². The van der Waals surface area contributed by atoms with Crippen molar-refractivity contribution in [2.24, 2.45) is 0 Å². The Hall–Kier alpha value is -4.13. The van der Waals surface area contributed by atoms with Gasteiger partial charge in [0.05, 0.1) is 40.8 Å². The molecule has 0 bridgehead atoms. The van der Waals surface area contributed by atoms with Crippen LogP contribution in [-0.4, -0.2) is 74.3 Å². The topological polar surface area (TPSA) is 158 Å². The van der Waals surface area contributed by atoms with E-state index in [4.69, 9.17) is 16.7 Å². The van der Waals surface area contributed by atoms with E-state index in [2.05, 4.69) is 37.8 Å². The Balaban J connectivity index is 1.45. The number of hydrogen-bond acceptors (Lipinski definition) is 10. The summed E-state index contributed by atoms with van der Waals surface area (Å²) in [6, 6.07) is 7.88. The van der Waals surface area contributed by atoms with E-state index in [1.807, 2.05) is 4.90 Å². The van der Waals surface area contributed by atoms with Crippen LogP contribution >= 0.6 is 11.6 Å². The highest BCUT2D eigenvalue weighted by atomic mass is 35.5. The number of carbonyl (C=O) groups excluding carboxylic acids is 1. The number of aliphatic hydroxyl groups is 1. The Labute approximate surface area is 211 Å². The molecule has 0 spiro atoms. The van der Waals surface area contributed by atoms with Gasteiger partial charge in [-0.05, 0) is 25.0 Å². The number of halogens is 1. The molecule has 0 unspecified atom stereocenters. The van der Waals surface area contributed by atoms with Gasteiger partial charge < -0.3 is 25.5 Å². The van der Waals surface area contributed by atoms with Gasteiger partial charge in [0, 0.05) is 38.6 Å². The first kappa shape index (κ1) is 23.6. The first-order valence-electron chi connectivity index (χ1n) is 11.6. The lowest BCUT2D eigenvalue weighted by molar-refractivity contribution is -0.132. The quantitative estimate of drug-likeness (QED) is 0.431. The molecule has 36 heavy (non-hydrogen) atoms. The van der Waals surface area contributed by atoms with Crippen molar-refractivity contribution < 1.29 is 9.90 Å². The fourth-order valence-corrected chi connectivity index (χ4v) is 4.37. The molecule has 1 saturated heterocycles. The molecule has 1 aromatic carbocycles. The van der Waals surface area contributed by atoms with Crippen LogP contribution in [-0.2, 0) is 4.79 Å². The fraction of sp³-hybridized carbons (Fsp3) is 0.391. The second-order valence-electron chi connectivity index (χ2n) is 8.63. The van der Waals surface area contributed by atoms with Crippen molar-refractivity contribution in [1.82, 2.24) is 24.5 Å². The number of aliphatic hydroxyl groups excluding tert-OH is 1. The molecular weight excluding hydrogens is 484 g/mol. The minimum absolute atomic E-state index is 0.0872. The standard InChI is InChI=1S/C23H23ClN10O2/c24-20-17(9-14(11-25)10-18(20)32-4-6-33(7-5-32)19(36)3-8-35)29-23-30-21(28-15-1-2-15)22-27-13-16(12-26)34(22)31-23/h9-10,13,15,35H,1-8H2,(H2,28,29,30,31). The summed E-state index contributed by atoms with van der Waals surface area (Å²) < 4.78 is 1.42. The normalized spacial score (nSPS) is 15.4. The number of benzene rings is 1. The predicted molar refractivity (Wildman–Crippen MR) is 132 cm³/mol. The molecule has 1 amide bonds.